The maximum absolute atomic E-state index is 12.2. The Morgan fingerprint density at radius 3 is 2.43 bits per heavy atom. The van der Waals surface area contributed by atoms with Crippen molar-refractivity contribution in [3.05, 3.63) is 59.2 Å². The van der Waals surface area contributed by atoms with Gasteiger partial charge in [0.25, 0.3) is 5.91 Å². The first kappa shape index (κ1) is 14.9. The highest BCUT2D eigenvalue weighted by Crippen LogP contribution is 2.18. The molecular formula is C17H20N2O2. The van der Waals surface area contributed by atoms with Crippen molar-refractivity contribution >= 4 is 11.6 Å². The van der Waals surface area contributed by atoms with Crippen molar-refractivity contribution in [1.29, 1.82) is 0 Å². The van der Waals surface area contributed by atoms with Gasteiger partial charge >= 0.3 is 0 Å². The molecule has 0 bridgehead atoms. The Balaban J connectivity index is 2.08. The molecule has 3 N–H and O–H groups in total. The number of anilines is 1. The Bertz CT molecular complexity index is 636. The van der Waals surface area contributed by atoms with Gasteiger partial charge in [0.05, 0.1) is 13.2 Å². The summed E-state index contributed by atoms with van der Waals surface area (Å²) in [7, 11) is 1.63. The molecule has 110 valence electrons. The minimum absolute atomic E-state index is 0.0917. The fourth-order valence-electron chi connectivity index (χ4n) is 2.04. The van der Waals surface area contributed by atoms with Crippen molar-refractivity contribution in [3.63, 3.8) is 0 Å². The van der Waals surface area contributed by atoms with Crippen LogP contribution in [0.15, 0.2) is 42.5 Å². The number of hydrogen-bond donors (Lipinski definition) is 2. The van der Waals surface area contributed by atoms with E-state index in [1.54, 1.807) is 19.2 Å². The molecule has 4 heteroatoms. The largest absolute Gasteiger partial charge is 0.497 e. The molecule has 1 atom stereocenters. The van der Waals surface area contributed by atoms with Crippen molar-refractivity contribution in [3.8, 4) is 5.75 Å². The molecule has 2 rings (SSSR count). The average Bonchev–Trinajstić information content (AvgIpc) is 2.50. The molecule has 0 radical (unpaired) electrons. The third-order valence-electron chi connectivity index (χ3n) is 3.50. The molecule has 0 saturated carbocycles. The Kier molecular flexibility index (Phi) is 4.48. The van der Waals surface area contributed by atoms with E-state index in [0.29, 0.717) is 11.3 Å². The van der Waals surface area contributed by atoms with Crippen molar-refractivity contribution < 1.29 is 9.53 Å². The third kappa shape index (κ3) is 3.54. The summed E-state index contributed by atoms with van der Waals surface area (Å²) in [4.78, 5) is 12.2. The number of aryl methyl sites for hydroxylation is 1. The second kappa shape index (κ2) is 6.31. The zero-order chi connectivity index (χ0) is 15.4. The molecule has 2 aromatic carbocycles. The van der Waals surface area contributed by atoms with Crippen LogP contribution in [0.4, 0.5) is 5.69 Å². The van der Waals surface area contributed by atoms with Gasteiger partial charge in [0.1, 0.15) is 5.75 Å². The number of hydrogen-bond acceptors (Lipinski definition) is 3. The van der Waals surface area contributed by atoms with Gasteiger partial charge in [-0.25, -0.2) is 0 Å². The number of nitrogens with two attached hydrogens (primary N) is 1. The molecular weight excluding hydrogens is 264 g/mol. The van der Waals surface area contributed by atoms with E-state index < -0.39 is 0 Å². The van der Waals surface area contributed by atoms with Crippen LogP contribution in [0.3, 0.4) is 0 Å². The quantitative estimate of drug-likeness (QED) is 0.848. The Morgan fingerprint density at radius 1 is 1.19 bits per heavy atom. The second-order valence-corrected chi connectivity index (χ2v) is 5.04. The summed E-state index contributed by atoms with van der Waals surface area (Å²) in [5.74, 6) is 0.661. The van der Waals surface area contributed by atoms with Crippen molar-refractivity contribution in [2.45, 2.75) is 19.9 Å². The van der Waals surface area contributed by atoms with Gasteiger partial charge in [0.15, 0.2) is 0 Å². The fraction of sp³-hybridized carbons (Fsp3) is 0.235. The standard InChI is InChI=1S/C17H20N2O2/c1-11-4-5-14(10-16(11)18)17(20)19-12(2)13-6-8-15(21-3)9-7-13/h4-10,12H,18H2,1-3H3,(H,19,20)/t12-/m1/s1. The number of benzene rings is 2. The van der Waals surface area contributed by atoms with E-state index in [2.05, 4.69) is 5.32 Å². The van der Waals surface area contributed by atoms with Gasteiger partial charge in [0, 0.05) is 11.3 Å². The number of carbonyl (C=O) groups is 1. The van der Waals surface area contributed by atoms with Gasteiger partial charge in [-0.15, -0.1) is 0 Å². The lowest BCUT2D eigenvalue weighted by molar-refractivity contribution is 0.0940. The third-order valence-corrected chi connectivity index (χ3v) is 3.50. The number of ether oxygens (including phenoxy) is 1. The fourth-order valence-corrected chi connectivity index (χ4v) is 2.04. The van der Waals surface area contributed by atoms with E-state index in [1.807, 2.05) is 44.2 Å². The van der Waals surface area contributed by atoms with Gasteiger partial charge in [0.2, 0.25) is 0 Å². The number of nitrogen functional groups attached to an aromatic ring is 1. The highest BCUT2D eigenvalue weighted by Gasteiger charge is 2.12. The lowest BCUT2D eigenvalue weighted by Crippen LogP contribution is -2.26. The Morgan fingerprint density at radius 2 is 1.86 bits per heavy atom. The zero-order valence-corrected chi connectivity index (χ0v) is 12.5. The summed E-state index contributed by atoms with van der Waals surface area (Å²) in [5, 5.41) is 2.96. The van der Waals surface area contributed by atoms with Crippen LogP contribution < -0.4 is 15.8 Å². The van der Waals surface area contributed by atoms with Crippen molar-refractivity contribution in [2.24, 2.45) is 0 Å². The molecule has 0 fully saturated rings. The zero-order valence-electron chi connectivity index (χ0n) is 12.5. The minimum atomic E-state index is -0.134. The minimum Gasteiger partial charge on any atom is -0.497 e. The van der Waals surface area contributed by atoms with Crippen LogP contribution in [0.25, 0.3) is 0 Å². The molecule has 0 unspecified atom stereocenters. The molecule has 0 aliphatic carbocycles. The van der Waals surface area contributed by atoms with Crippen LogP contribution in [0.2, 0.25) is 0 Å². The average molecular weight is 284 g/mol. The summed E-state index contributed by atoms with van der Waals surface area (Å²) < 4.78 is 5.12. The SMILES string of the molecule is COc1ccc([C@@H](C)NC(=O)c2ccc(C)c(N)c2)cc1. The molecule has 2 aromatic rings. The summed E-state index contributed by atoms with van der Waals surface area (Å²) in [6, 6.07) is 12.9. The summed E-state index contributed by atoms with van der Waals surface area (Å²) in [6.07, 6.45) is 0. The molecule has 0 heterocycles. The molecule has 21 heavy (non-hydrogen) atoms. The molecule has 4 nitrogen and oxygen atoms in total. The highest BCUT2D eigenvalue weighted by atomic mass is 16.5. The number of rotatable bonds is 4. The number of carbonyl (C=O) groups excluding carboxylic acids is 1. The first-order valence-electron chi connectivity index (χ1n) is 6.82. The predicted octanol–water partition coefficient (Wildman–Crippen LogP) is 3.08. The molecule has 0 spiro atoms. The monoisotopic (exact) mass is 284 g/mol. The Labute approximate surface area is 124 Å². The Hall–Kier alpha value is -2.49. The first-order valence-corrected chi connectivity index (χ1v) is 6.82. The molecule has 0 aliphatic rings. The second-order valence-electron chi connectivity index (χ2n) is 5.04. The van der Waals surface area contributed by atoms with E-state index in [0.717, 1.165) is 16.9 Å². The summed E-state index contributed by atoms with van der Waals surface area (Å²) in [6.45, 7) is 3.86. The molecule has 0 aliphatic heterocycles. The summed E-state index contributed by atoms with van der Waals surface area (Å²) in [5.41, 5.74) is 9.02. The van der Waals surface area contributed by atoms with E-state index in [9.17, 15) is 4.79 Å². The topological polar surface area (TPSA) is 64.3 Å². The molecule has 0 saturated heterocycles. The van der Waals surface area contributed by atoms with Gasteiger partial charge in [-0.05, 0) is 49.2 Å². The normalized spacial score (nSPS) is 11.8. The molecule has 0 aromatic heterocycles. The van der Waals surface area contributed by atoms with Crippen LogP contribution in [0.1, 0.15) is 34.5 Å². The maximum Gasteiger partial charge on any atom is 0.251 e. The number of amides is 1. The van der Waals surface area contributed by atoms with Crippen molar-refractivity contribution in [2.75, 3.05) is 12.8 Å². The van der Waals surface area contributed by atoms with Crippen LogP contribution >= 0.6 is 0 Å². The van der Waals surface area contributed by atoms with Crippen LogP contribution in [-0.4, -0.2) is 13.0 Å². The first-order chi connectivity index (χ1) is 10.0. The van der Waals surface area contributed by atoms with E-state index >= 15 is 0 Å². The van der Waals surface area contributed by atoms with Crippen LogP contribution in [0, 0.1) is 6.92 Å². The van der Waals surface area contributed by atoms with Gasteiger partial charge in [-0.1, -0.05) is 18.2 Å². The van der Waals surface area contributed by atoms with Gasteiger partial charge in [-0.3, -0.25) is 4.79 Å². The lowest BCUT2D eigenvalue weighted by atomic mass is 10.1. The maximum atomic E-state index is 12.2. The smallest absolute Gasteiger partial charge is 0.251 e. The predicted molar refractivity (Wildman–Crippen MR) is 84.5 cm³/mol. The number of methoxy groups -OCH3 is 1. The van der Waals surface area contributed by atoms with E-state index in [4.69, 9.17) is 10.5 Å². The molecule has 1 amide bonds. The van der Waals surface area contributed by atoms with E-state index in [-0.39, 0.29) is 11.9 Å². The highest BCUT2D eigenvalue weighted by molar-refractivity contribution is 5.95. The van der Waals surface area contributed by atoms with Gasteiger partial charge < -0.3 is 15.8 Å². The van der Waals surface area contributed by atoms with Gasteiger partial charge in [-0.2, -0.15) is 0 Å². The van der Waals surface area contributed by atoms with Crippen molar-refractivity contribution in [1.82, 2.24) is 5.32 Å². The summed E-state index contributed by atoms with van der Waals surface area (Å²) >= 11 is 0. The van der Waals surface area contributed by atoms with Crippen LogP contribution in [-0.2, 0) is 0 Å². The van der Waals surface area contributed by atoms with Crippen LogP contribution in [0.5, 0.6) is 5.75 Å². The van der Waals surface area contributed by atoms with E-state index in [1.165, 1.54) is 0 Å². The number of nitrogens with one attached hydrogen (secondary N) is 1. The lowest BCUT2D eigenvalue weighted by Gasteiger charge is -2.15.